The molecule has 2 amide bonds. The maximum atomic E-state index is 13.9. The molecule has 1 aromatic heterocycles. The van der Waals surface area contributed by atoms with Gasteiger partial charge in [0.1, 0.15) is 17.2 Å². The quantitative estimate of drug-likeness (QED) is 0.600. The van der Waals surface area contributed by atoms with Crippen LogP contribution in [0.3, 0.4) is 0 Å². The zero-order valence-electron chi connectivity index (χ0n) is 17.9. The molecule has 2 N–H and O–H groups in total. The number of methoxy groups -OCH3 is 1. The third-order valence-corrected chi connectivity index (χ3v) is 5.78. The maximum absolute atomic E-state index is 13.9. The van der Waals surface area contributed by atoms with Crippen molar-refractivity contribution in [3.05, 3.63) is 62.6 Å². The number of hydrogen-bond acceptors (Lipinski definition) is 6. The fourth-order valence-electron chi connectivity index (χ4n) is 4.22. The second-order valence-electron chi connectivity index (χ2n) is 7.90. The number of nitrogens with one attached hydrogen (secondary N) is 1. The topological polar surface area (TPSA) is 110 Å². The van der Waals surface area contributed by atoms with Crippen LogP contribution >= 0.6 is 0 Å². The molecule has 1 aromatic carbocycles. The third kappa shape index (κ3) is 4.21. The number of halogens is 2. The van der Waals surface area contributed by atoms with Crippen LogP contribution in [0, 0.1) is 11.6 Å². The zero-order valence-corrected chi connectivity index (χ0v) is 17.9. The molecule has 2 aliphatic heterocycles. The molecule has 0 fully saturated rings. The van der Waals surface area contributed by atoms with E-state index in [0.717, 1.165) is 6.07 Å². The largest absolute Gasteiger partial charge is 0.503 e. The Morgan fingerprint density at radius 1 is 1.33 bits per heavy atom. The molecule has 0 bridgehead atoms. The average Bonchev–Trinajstić information content (AvgIpc) is 2.78. The number of pyridine rings is 1. The van der Waals surface area contributed by atoms with Gasteiger partial charge in [0.25, 0.3) is 11.8 Å². The van der Waals surface area contributed by atoms with Gasteiger partial charge in [0.05, 0.1) is 24.9 Å². The van der Waals surface area contributed by atoms with Crippen LogP contribution in [0.4, 0.5) is 8.78 Å². The lowest BCUT2D eigenvalue weighted by Gasteiger charge is -2.40. The summed E-state index contributed by atoms with van der Waals surface area (Å²) in [4.78, 5) is 40.4. The molecule has 2 aliphatic rings. The molecule has 0 aliphatic carbocycles. The van der Waals surface area contributed by atoms with Crippen molar-refractivity contribution in [2.24, 2.45) is 0 Å². The first-order valence-electron chi connectivity index (χ1n) is 10.4. The molecule has 0 radical (unpaired) electrons. The van der Waals surface area contributed by atoms with Crippen molar-refractivity contribution in [2.45, 2.75) is 25.6 Å². The van der Waals surface area contributed by atoms with Crippen LogP contribution in [0.25, 0.3) is 0 Å². The number of rotatable bonds is 7. The molecule has 3 heterocycles. The number of hydrogen-bond donors (Lipinski definition) is 2. The van der Waals surface area contributed by atoms with Crippen LogP contribution in [0.1, 0.15) is 44.6 Å². The molecule has 9 nitrogen and oxygen atoms in total. The predicted molar refractivity (Wildman–Crippen MR) is 111 cm³/mol. The molecule has 0 saturated heterocycles. The number of carbonyl (C=O) groups is 2. The highest BCUT2D eigenvalue weighted by Crippen LogP contribution is 2.32. The molecule has 176 valence electrons. The molecule has 0 spiro atoms. The van der Waals surface area contributed by atoms with E-state index in [1.807, 2.05) is 0 Å². The maximum Gasteiger partial charge on any atom is 0.274 e. The Kier molecular flexibility index (Phi) is 6.43. The number of ether oxygens (including phenoxy) is 2. The van der Waals surface area contributed by atoms with E-state index >= 15 is 0 Å². The summed E-state index contributed by atoms with van der Waals surface area (Å²) < 4.78 is 39.1. The summed E-state index contributed by atoms with van der Waals surface area (Å²) in [5, 5.41) is 13.1. The van der Waals surface area contributed by atoms with Crippen LogP contribution in [0.5, 0.6) is 5.75 Å². The van der Waals surface area contributed by atoms with Crippen molar-refractivity contribution >= 4 is 11.8 Å². The molecular formula is C22H23F2N3O6. The van der Waals surface area contributed by atoms with E-state index in [2.05, 4.69) is 5.32 Å². The van der Waals surface area contributed by atoms with Crippen molar-refractivity contribution in [2.75, 3.05) is 33.4 Å². The van der Waals surface area contributed by atoms with Gasteiger partial charge in [-0.3, -0.25) is 14.4 Å². The van der Waals surface area contributed by atoms with Gasteiger partial charge in [-0.1, -0.05) is 6.07 Å². The van der Waals surface area contributed by atoms with Crippen LogP contribution in [0.15, 0.2) is 23.0 Å². The summed E-state index contributed by atoms with van der Waals surface area (Å²) in [6.45, 7) is 0.928. The van der Waals surface area contributed by atoms with Crippen LogP contribution in [0.2, 0.25) is 0 Å². The highest BCUT2D eigenvalue weighted by molar-refractivity contribution is 6.00. The van der Waals surface area contributed by atoms with Crippen LogP contribution in [-0.2, 0) is 22.6 Å². The number of nitrogens with zero attached hydrogens (tertiary/aromatic N) is 2. The Hall–Kier alpha value is -3.31. The molecular weight excluding hydrogens is 440 g/mol. The number of aromatic nitrogens is 1. The monoisotopic (exact) mass is 463 g/mol. The molecule has 0 saturated carbocycles. The van der Waals surface area contributed by atoms with Gasteiger partial charge in [-0.05, 0) is 12.5 Å². The van der Waals surface area contributed by atoms with E-state index in [-0.39, 0.29) is 48.8 Å². The van der Waals surface area contributed by atoms with E-state index in [9.17, 15) is 28.3 Å². The molecule has 33 heavy (non-hydrogen) atoms. The molecule has 4 rings (SSSR count). The summed E-state index contributed by atoms with van der Waals surface area (Å²) in [5.41, 5.74) is -1.36. The van der Waals surface area contributed by atoms with E-state index in [1.54, 1.807) is 7.11 Å². The smallest absolute Gasteiger partial charge is 0.274 e. The van der Waals surface area contributed by atoms with Crippen molar-refractivity contribution in [1.29, 1.82) is 0 Å². The molecule has 11 heteroatoms. The molecule has 1 atom stereocenters. The van der Waals surface area contributed by atoms with Crippen molar-refractivity contribution in [3.8, 4) is 5.75 Å². The first-order valence-corrected chi connectivity index (χ1v) is 10.4. The number of benzene rings is 1. The van der Waals surface area contributed by atoms with Gasteiger partial charge in [-0.2, -0.15) is 0 Å². The Bertz CT molecular complexity index is 1170. The number of amides is 2. The number of carbonyl (C=O) groups excluding carboxylic acids is 2. The average molecular weight is 463 g/mol. The summed E-state index contributed by atoms with van der Waals surface area (Å²) in [6, 6.07) is 2.53. The van der Waals surface area contributed by atoms with Gasteiger partial charge < -0.3 is 29.4 Å². The van der Waals surface area contributed by atoms with Gasteiger partial charge in [0.15, 0.2) is 11.4 Å². The Labute approximate surface area is 187 Å². The van der Waals surface area contributed by atoms with Gasteiger partial charge in [0, 0.05) is 45.0 Å². The molecule has 1 unspecified atom stereocenters. The fraction of sp³-hybridized carbons (Fsp3) is 0.409. The lowest BCUT2D eigenvalue weighted by Crippen LogP contribution is -2.49. The Morgan fingerprint density at radius 3 is 2.85 bits per heavy atom. The standard InChI is InChI=1S/C22H23F2N3O6/c1-32-6-2-5-26-9-14-10-33-11-16-17(19(28)20(29)18(22(26)31)27(14)16)21(30)25-8-12-3-4-13(23)7-15(12)24/h3-4,7,14,29H,2,5-6,8-11H2,1H3,(H,25,30). The van der Waals surface area contributed by atoms with E-state index < -0.39 is 40.7 Å². The van der Waals surface area contributed by atoms with Crippen LogP contribution in [-0.4, -0.2) is 59.8 Å². The van der Waals surface area contributed by atoms with Gasteiger partial charge in [-0.25, -0.2) is 8.78 Å². The predicted octanol–water partition coefficient (Wildman–Crippen LogP) is 1.33. The number of aromatic hydroxyl groups is 1. The van der Waals surface area contributed by atoms with Gasteiger partial charge >= 0.3 is 0 Å². The first-order chi connectivity index (χ1) is 15.8. The second kappa shape index (κ2) is 9.28. The highest BCUT2D eigenvalue weighted by Gasteiger charge is 2.40. The summed E-state index contributed by atoms with van der Waals surface area (Å²) in [5.74, 6) is -3.78. The summed E-state index contributed by atoms with van der Waals surface area (Å²) in [6.07, 6.45) is 0.577. The van der Waals surface area contributed by atoms with Crippen LogP contribution < -0.4 is 10.7 Å². The Balaban J connectivity index is 1.67. The van der Waals surface area contributed by atoms with E-state index in [4.69, 9.17) is 9.47 Å². The summed E-state index contributed by atoms with van der Waals surface area (Å²) >= 11 is 0. The minimum Gasteiger partial charge on any atom is -0.503 e. The second-order valence-corrected chi connectivity index (χ2v) is 7.90. The van der Waals surface area contributed by atoms with E-state index in [0.29, 0.717) is 25.6 Å². The summed E-state index contributed by atoms with van der Waals surface area (Å²) in [7, 11) is 1.55. The Morgan fingerprint density at radius 2 is 2.12 bits per heavy atom. The van der Waals surface area contributed by atoms with Crippen molar-refractivity contribution in [3.63, 3.8) is 0 Å². The van der Waals surface area contributed by atoms with Crippen molar-refractivity contribution in [1.82, 2.24) is 14.8 Å². The molecule has 2 aromatic rings. The lowest BCUT2D eigenvalue weighted by molar-refractivity contribution is 0.0229. The fourth-order valence-corrected chi connectivity index (χ4v) is 4.22. The first kappa shape index (κ1) is 22.9. The van der Waals surface area contributed by atoms with Gasteiger partial charge in [-0.15, -0.1) is 0 Å². The minimum atomic E-state index is -1.01. The SMILES string of the molecule is COCCCN1CC2COCc3c(C(=O)NCc4ccc(F)cc4F)c(=O)c(O)c(n32)C1=O. The highest BCUT2D eigenvalue weighted by atomic mass is 19.1. The normalized spacial score (nSPS) is 17.1. The van der Waals surface area contributed by atoms with Crippen molar-refractivity contribution < 1.29 is 33.0 Å². The van der Waals surface area contributed by atoms with Gasteiger partial charge in [0.2, 0.25) is 5.43 Å². The third-order valence-electron chi connectivity index (χ3n) is 5.78. The zero-order chi connectivity index (χ0) is 23.7. The minimum absolute atomic E-state index is 0.0247. The van der Waals surface area contributed by atoms with E-state index in [1.165, 1.54) is 15.5 Å². The lowest BCUT2D eigenvalue weighted by atomic mass is 10.0.